The van der Waals surface area contributed by atoms with Crippen LogP contribution < -0.4 is 0 Å². The fourth-order valence-electron chi connectivity index (χ4n) is 1.96. The molecule has 8 nitrogen and oxygen atoms in total. The highest BCUT2D eigenvalue weighted by molar-refractivity contribution is 5.77. The monoisotopic (exact) mass is 350 g/mol. The number of rotatable bonds is 15. The zero-order chi connectivity index (χ0) is 18.2. The molecule has 142 valence electrons. The first kappa shape index (κ1) is 22.8. The molecule has 0 aromatic heterocycles. The molecular formula is C16H30O8. The van der Waals surface area contributed by atoms with Crippen molar-refractivity contribution >= 4 is 11.9 Å². The van der Waals surface area contributed by atoms with Crippen molar-refractivity contribution in [3.8, 4) is 0 Å². The Morgan fingerprint density at radius 1 is 0.667 bits per heavy atom. The average molecular weight is 350 g/mol. The molecule has 0 saturated carbocycles. The molecule has 0 fully saturated rings. The Morgan fingerprint density at radius 2 is 1.04 bits per heavy atom. The van der Waals surface area contributed by atoms with Crippen molar-refractivity contribution in [2.24, 2.45) is 0 Å². The predicted molar refractivity (Wildman–Crippen MR) is 84.5 cm³/mol. The van der Waals surface area contributed by atoms with E-state index in [1.807, 2.05) is 0 Å². The van der Waals surface area contributed by atoms with Gasteiger partial charge < -0.3 is 29.9 Å². The molecule has 0 aromatic carbocycles. The molecule has 2 atom stereocenters. The van der Waals surface area contributed by atoms with Crippen LogP contribution in [0.25, 0.3) is 0 Å². The quantitative estimate of drug-likeness (QED) is 0.192. The van der Waals surface area contributed by atoms with E-state index in [0.717, 1.165) is 12.8 Å². The maximum absolute atomic E-state index is 11.5. The van der Waals surface area contributed by atoms with Gasteiger partial charge >= 0.3 is 11.9 Å². The van der Waals surface area contributed by atoms with Gasteiger partial charge in [0.1, 0.15) is 0 Å². The van der Waals surface area contributed by atoms with Gasteiger partial charge in [0.05, 0.1) is 12.8 Å². The molecule has 0 heterocycles. The molecule has 0 radical (unpaired) electrons. The first-order valence-corrected chi connectivity index (χ1v) is 8.46. The van der Waals surface area contributed by atoms with Crippen molar-refractivity contribution in [3.63, 3.8) is 0 Å². The fourth-order valence-corrected chi connectivity index (χ4v) is 1.96. The predicted octanol–water partition coefficient (Wildman–Crippen LogP) is 0.595. The molecular weight excluding hydrogens is 320 g/mol. The first-order chi connectivity index (χ1) is 11.5. The third-order valence-corrected chi connectivity index (χ3v) is 3.29. The van der Waals surface area contributed by atoms with Gasteiger partial charge in [-0.3, -0.25) is 9.59 Å². The maximum atomic E-state index is 11.5. The van der Waals surface area contributed by atoms with Crippen molar-refractivity contribution in [3.05, 3.63) is 0 Å². The van der Waals surface area contributed by atoms with Gasteiger partial charge in [0.2, 0.25) is 12.6 Å². The second kappa shape index (κ2) is 15.3. The highest BCUT2D eigenvalue weighted by Gasteiger charge is 2.15. The summed E-state index contributed by atoms with van der Waals surface area (Å²) < 4.78 is 9.48. The summed E-state index contributed by atoms with van der Waals surface area (Å²) in [5.74, 6) is -1.42. The Hall–Kier alpha value is -1.22. The molecule has 0 aromatic rings. The van der Waals surface area contributed by atoms with E-state index in [1.54, 1.807) is 0 Å². The minimum absolute atomic E-state index is 0.0886. The van der Waals surface area contributed by atoms with Crippen molar-refractivity contribution in [2.45, 2.75) is 76.8 Å². The number of ether oxygens (including phenoxy) is 2. The van der Waals surface area contributed by atoms with Crippen LogP contribution in [0.3, 0.4) is 0 Å². The maximum Gasteiger partial charge on any atom is 0.308 e. The van der Waals surface area contributed by atoms with Gasteiger partial charge in [-0.2, -0.15) is 0 Å². The molecule has 2 unspecified atom stereocenters. The Balaban J connectivity index is 3.71. The Kier molecular flexibility index (Phi) is 14.5. The van der Waals surface area contributed by atoms with Crippen LogP contribution in [-0.4, -0.2) is 58.2 Å². The smallest absolute Gasteiger partial charge is 0.308 e. The van der Waals surface area contributed by atoms with E-state index in [4.69, 9.17) is 19.7 Å². The van der Waals surface area contributed by atoms with E-state index in [-0.39, 0.29) is 38.9 Å². The Morgan fingerprint density at radius 3 is 1.38 bits per heavy atom. The van der Waals surface area contributed by atoms with Crippen LogP contribution in [0.1, 0.15) is 64.2 Å². The lowest BCUT2D eigenvalue weighted by atomic mass is 10.2. The van der Waals surface area contributed by atoms with Crippen LogP contribution in [0.2, 0.25) is 0 Å². The normalized spacial score (nSPS) is 13.3. The lowest BCUT2D eigenvalue weighted by Gasteiger charge is -2.13. The van der Waals surface area contributed by atoms with Gasteiger partial charge in [-0.1, -0.05) is 12.8 Å². The third-order valence-electron chi connectivity index (χ3n) is 3.29. The molecule has 4 N–H and O–H groups in total. The van der Waals surface area contributed by atoms with E-state index in [0.29, 0.717) is 25.7 Å². The topological polar surface area (TPSA) is 134 Å². The molecule has 0 aliphatic heterocycles. The van der Waals surface area contributed by atoms with E-state index in [9.17, 15) is 19.8 Å². The van der Waals surface area contributed by atoms with Gasteiger partial charge in [-0.15, -0.1) is 0 Å². The lowest BCUT2D eigenvalue weighted by molar-refractivity contribution is -0.176. The lowest BCUT2D eigenvalue weighted by Crippen LogP contribution is -2.21. The van der Waals surface area contributed by atoms with Crippen LogP contribution >= 0.6 is 0 Å². The number of carbonyl (C=O) groups excluding carboxylic acids is 2. The van der Waals surface area contributed by atoms with Crippen molar-refractivity contribution in [2.75, 3.05) is 13.2 Å². The molecule has 0 amide bonds. The van der Waals surface area contributed by atoms with Gasteiger partial charge in [-0.25, -0.2) is 0 Å². The van der Waals surface area contributed by atoms with E-state index in [1.165, 1.54) is 0 Å². The van der Waals surface area contributed by atoms with E-state index < -0.39 is 24.5 Å². The summed E-state index contributed by atoms with van der Waals surface area (Å²) >= 11 is 0. The Bertz CT molecular complexity index is 302. The summed E-state index contributed by atoms with van der Waals surface area (Å²) in [6.07, 6.45) is 1.64. The number of unbranched alkanes of at least 4 members (excludes halogenated alkanes) is 4. The summed E-state index contributed by atoms with van der Waals surface area (Å²) in [7, 11) is 0. The molecule has 8 heteroatoms. The summed E-state index contributed by atoms with van der Waals surface area (Å²) in [4.78, 5) is 22.9. The third kappa shape index (κ3) is 14.4. The summed E-state index contributed by atoms with van der Waals surface area (Å²) in [6.45, 7) is 0.177. The highest BCUT2D eigenvalue weighted by atomic mass is 16.6. The number of carbonyl (C=O) groups is 2. The minimum Gasteiger partial charge on any atom is -0.436 e. The number of esters is 2. The van der Waals surface area contributed by atoms with Gasteiger partial charge in [0.25, 0.3) is 0 Å². The number of aliphatic hydroxyl groups excluding tert-OH is 4. The average Bonchev–Trinajstić information content (AvgIpc) is 2.54. The van der Waals surface area contributed by atoms with Crippen molar-refractivity contribution in [1.29, 1.82) is 0 Å². The second-order valence-corrected chi connectivity index (χ2v) is 5.53. The SMILES string of the molecule is O=C(CCC(=O)OC(O)CCCCCO)OC(O)CCCCCO. The molecule has 0 rings (SSSR count). The van der Waals surface area contributed by atoms with Gasteiger partial charge in [-0.05, 0) is 25.7 Å². The standard InChI is InChI=1S/C16H30O8/c17-11-5-1-3-7-13(19)23-15(21)9-10-16(22)24-14(20)8-4-2-6-12-18/h13-14,17-20H,1-12H2. The van der Waals surface area contributed by atoms with E-state index in [2.05, 4.69) is 0 Å². The van der Waals surface area contributed by atoms with Crippen molar-refractivity contribution in [1.82, 2.24) is 0 Å². The van der Waals surface area contributed by atoms with Crippen LogP contribution in [0.5, 0.6) is 0 Å². The molecule has 24 heavy (non-hydrogen) atoms. The van der Waals surface area contributed by atoms with Crippen LogP contribution in [-0.2, 0) is 19.1 Å². The molecule has 0 spiro atoms. The largest absolute Gasteiger partial charge is 0.436 e. The zero-order valence-electron chi connectivity index (χ0n) is 14.1. The Labute approximate surface area is 142 Å². The van der Waals surface area contributed by atoms with Crippen molar-refractivity contribution < 1.29 is 39.5 Å². The minimum atomic E-state index is -1.22. The van der Waals surface area contributed by atoms with Crippen LogP contribution in [0.15, 0.2) is 0 Å². The van der Waals surface area contributed by atoms with Crippen LogP contribution in [0, 0.1) is 0 Å². The summed E-state index contributed by atoms with van der Waals surface area (Å²) in [5, 5.41) is 36.2. The molecule has 0 saturated heterocycles. The zero-order valence-corrected chi connectivity index (χ0v) is 14.1. The first-order valence-electron chi connectivity index (χ1n) is 8.46. The molecule has 0 aliphatic carbocycles. The second-order valence-electron chi connectivity index (χ2n) is 5.53. The van der Waals surface area contributed by atoms with Gasteiger partial charge in [0, 0.05) is 26.1 Å². The molecule has 0 bridgehead atoms. The van der Waals surface area contributed by atoms with Gasteiger partial charge in [0.15, 0.2) is 0 Å². The fraction of sp³-hybridized carbons (Fsp3) is 0.875. The van der Waals surface area contributed by atoms with E-state index >= 15 is 0 Å². The number of hydrogen-bond donors (Lipinski definition) is 4. The highest BCUT2D eigenvalue weighted by Crippen LogP contribution is 2.08. The summed E-state index contributed by atoms with van der Waals surface area (Å²) in [5.41, 5.74) is 0. The molecule has 0 aliphatic rings. The number of aliphatic hydroxyl groups is 4. The summed E-state index contributed by atoms with van der Waals surface area (Å²) in [6, 6.07) is 0. The number of hydrogen-bond acceptors (Lipinski definition) is 8. The van der Waals surface area contributed by atoms with Crippen LogP contribution in [0.4, 0.5) is 0 Å².